The predicted molar refractivity (Wildman–Crippen MR) is 90.0 cm³/mol. The van der Waals surface area contributed by atoms with Gasteiger partial charge < -0.3 is 14.9 Å². The first-order valence-corrected chi connectivity index (χ1v) is 8.40. The Bertz CT molecular complexity index is 683. The molecule has 2 amide bonds. The van der Waals surface area contributed by atoms with Crippen LogP contribution in [0.1, 0.15) is 36.5 Å². The molecule has 1 aliphatic rings. The minimum Gasteiger partial charge on any atom is -0.480 e. The van der Waals surface area contributed by atoms with E-state index in [-0.39, 0.29) is 35.0 Å². The number of benzene rings is 1. The van der Waals surface area contributed by atoms with Crippen molar-refractivity contribution in [1.82, 2.24) is 9.80 Å². The smallest absolute Gasteiger partial charge is 0.323 e. The minimum absolute atomic E-state index is 0.0433. The molecule has 2 rings (SSSR count). The number of likely N-dealkylation sites (tertiary alicyclic amines) is 1. The van der Waals surface area contributed by atoms with Gasteiger partial charge in [0.2, 0.25) is 5.91 Å². The predicted octanol–water partition coefficient (Wildman–Crippen LogP) is 2.41. The number of hydrogen-bond acceptors (Lipinski definition) is 3. The Labute approximate surface area is 150 Å². The van der Waals surface area contributed by atoms with E-state index >= 15 is 0 Å². The van der Waals surface area contributed by atoms with Gasteiger partial charge in [0.25, 0.3) is 5.91 Å². The molecule has 0 aliphatic carbocycles. The Balaban J connectivity index is 2.07. The molecule has 1 heterocycles. The molecule has 0 aromatic heterocycles. The Kier molecular flexibility index (Phi) is 6.36. The van der Waals surface area contributed by atoms with E-state index in [1.54, 1.807) is 4.90 Å². The number of rotatable bonds is 4. The summed E-state index contributed by atoms with van der Waals surface area (Å²) in [5.41, 5.74) is 0.217. The van der Waals surface area contributed by atoms with Crippen molar-refractivity contribution in [3.63, 3.8) is 0 Å². The summed E-state index contributed by atoms with van der Waals surface area (Å²) in [5, 5.41) is 8.92. The average Bonchev–Trinajstić information content (AvgIpc) is 2.80. The van der Waals surface area contributed by atoms with Crippen LogP contribution in [0.4, 0.5) is 4.39 Å². The van der Waals surface area contributed by atoms with Crippen LogP contribution in [0.15, 0.2) is 18.2 Å². The normalized spacial score (nSPS) is 17.7. The van der Waals surface area contributed by atoms with Gasteiger partial charge in [0.05, 0.1) is 5.02 Å². The molecule has 1 unspecified atom stereocenters. The lowest BCUT2D eigenvalue weighted by Gasteiger charge is -2.28. The minimum atomic E-state index is -1.07. The van der Waals surface area contributed by atoms with Crippen molar-refractivity contribution in [2.24, 2.45) is 0 Å². The summed E-state index contributed by atoms with van der Waals surface area (Å²) in [6, 6.07) is 3.70. The number of hydrogen-bond donors (Lipinski definition) is 1. The van der Waals surface area contributed by atoms with Crippen LogP contribution >= 0.6 is 11.6 Å². The average molecular weight is 371 g/mol. The second-order valence-corrected chi connectivity index (χ2v) is 6.45. The summed E-state index contributed by atoms with van der Waals surface area (Å²) in [6.07, 6.45) is 1.73. The quantitative estimate of drug-likeness (QED) is 0.882. The summed E-state index contributed by atoms with van der Waals surface area (Å²) in [6.45, 7) is 1.83. The van der Waals surface area contributed by atoms with Crippen molar-refractivity contribution in [3.05, 3.63) is 34.6 Å². The summed E-state index contributed by atoms with van der Waals surface area (Å²) in [5.74, 6) is -2.32. The van der Waals surface area contributed by atoms with E-state index < -0.39 is 11.8 Å². The molecule has 136 valence electrons. The van der Waals surface area contributed by atoms with Crippen LogP contribution in [0.3, 0.4) is 0 Å². The largest absolute Gasteiger partial charge is 0.480 e. The number of carboxylic acids is 1. The number of carbonyl (C=O) groups is 3. The van der Waals surface area contributed by atoms with Gasteiger partial charge in [-0.15, -0.1) is 0 Å². The van der Waals surface area contributed by atoms with Crippen LogP contribution in [0.25, 0.3) is 0 Å². The molecule has 0 spiro atoms. The maximum absolute atomic E-state index is 13.6. The number of halogens is 2. The van der Waals surface area contributed by atoms with Gasteiger partial charge in [-0.1, -0.05) is 11.6 Å². The zero-order chi connectivity index (χ0) is 18.6. The summed E-state index contributed by atoms with van der Waals surface area (Å²) >= 11 is 5.64. The lowest BCUT2D eigenvalue weighted by molar-refractivity contribution is -0.145. The number of carbonyl (C=O) groups excluding carboxylic acids is 2. The zero-order valence-electron chi connectivity index (χ0n) is 13.9. The highest BCUT2D eigenvalue weighted by molar-refractivity contribution is 6.30. The fourth-order valence-corrected chi connectivity index (χ4v) is 3.17. The number of nitrogens with zero attached hydrogens (tertiary/aromatic N) is 2. The van der Waals surface area contributed by atoms with Crippen molar-refractivity contribution < 1.29 is 23.9 Å². The Morgan fingerprint density at radius 3 is 2.64 bits per heavy atom. The topological polar surface area (TPSA) is 77.9 Å². The van der Waals surface area contributed by atoms with Gasteiger partial charge in [0.15, 0.2) is 0 Å². The Hall–Kier alpha value is -2.15. The molecule has 8 heteroatoms. The lowest BCUT2D eigenvalue weighted by atomic mass is 10.1. The van der Waals surface area contributed by atoms with Crippen LogP contribution < -0.4 is 0 Å². The molecule has 1 aromatic rings. The van der Waals surface area contributed by atoms with E-state index in [1.807, 2.05) is 0 Å². The van der Waals surface area contributed by atoms with Gasteiger partial charge in [-0.2, -0.15) is 0 Å². The highest BCUT2D eigenvalue weighted by atomic mass is 35.5. The molecule has 1 aliphatic heterocycles. The van der Waals surface area contributed by atoms with Gasteiger partial charge in [-0.05, 0) is 37.5 Å². The summed E-state index contributed by atoms with van der Waals surface area (Å²) < 4.78 is 13.6. The van der Waals surface area contributed by atoms with E-state index in [0.717, 1.165) is 6.07 Å². The maximum Gasteiger partial charge on any atom is 0.323 e. The first kappa shape index (κ1) is 19.2. The van der Waals surface area contributed by atoms with E-state index in [9.17, 15) is 18.8 Å². The van der Waals surface area contributed by atoms with Crippen LogP contribution in [0.5, 0.6) is 0 Å². The van der Waals surface area contributed by atoms with Gasteiger partial charge in [-0.3, -0.25) is 14.4 Å². The monoisotopic (exact) mass is 370 g/mol. The molecule has 0 saturated carbocycles. The molecule has 1 aromatic carbocycles. The second kappa shape index (κ2) is 8.29. The molecule has 1 atom stereocenters. The van der Waals surface area contributed by atoms with Crippen LogP contribution in [-0.2, 0) is 9.59 Å². The Morgan fingerprint density at radius 2 is 2.04 bits per heavy atom. The molecule has 1 fully saturated rings. The third-order valence-corrected chi connectivity index (χ3v) is 4.61. The molecule has 25 heavy (non-hydrogen) atoms. The standard InChI is InChI=1S/C17H20ClFN2O4/c1-11(22)21(10-16(23)24)13-3-2-7-20(8-6-13)17(25)12-4-5-14(18)15(19)9-12/h4-5,9,13H,2-3,6-8,10H2,1H3,(H,23,24). The van der Waals surface area contributed by atoms with Crippen LogP contribution in [-0.4, -0.2) is 58.4 Å². The highest BCUT2D eigenvalue weighted by Crippen LogP contribution is 2.21. The van der Waals surface area contributed by atoms with E-state index in [0.29, 0.717) is 32.4 Å². The van der Waals surface area contributed by atoms with E-state index in [2.05, 4.69) is 0 Å². The molecule has 0 bridgehead atoms. The van der Waals surface area contributed by atoms with E-state index in [4.69, 9.17) is 16.7 Å². The van der Waals surface area contributed by atoms with Gasteiger partial charge in [0.1, 0.15) is 12.4 Å². The summed E-state index contributed by atoms with van der Waals surface area (Å²) in [4.78, 5) is 38.2. The molecule has 1 N–H and O–H groups in total. The maximum atomic E-state index is 13.6. The van der Waals surface area contributed by atoms with Crippen LogP contribution in [0, 0.1) is 5.82 Å². The van der Waals surface area contributed by atoms with Crippen molar-refractivity contribution in [1.29, 1.82) is 0 Å². The first-order valence-electron chi connectivity index (χ1n) is 8.03. The molecular weight excluding hydrogens is 351 g/mol. The third-order valence-electron chi connectivity index (χ3n) is 4.30. The van der Waals surface area contributed by atoms with Crippen LogP contribution in [0.2, 0.25) is 5.02 Å². The first-order chi connectivity index (χ1) is 11.8. The molecule has 6 nitrogen and oxygen atoms in total. The van der Waals surface area contributed by atoms with Crippen molar-refractivity contribution >= 4 is 29.4 Å². The number of aliphatic carboxylic acids is 1. The van der Waals surface area contributed by atoms with Gasteiger partial charge in [-0.25, -0.2) is 4.39 Å². The molecule has 0 radical (unpaired) electrons. The molecule has 1 saturated heterocycles. The second-order valence-electron chi connectivity index (χ2n) is 6.05. The highest BCUT2D eigenvalue weighted by Gasteiger charge is 2.28. The van der Waals surface area contributed by atoms with Crippen molar-refractivity contribution in [2.45, 2.75) is 32.2 Å². The van der Waals surface area contributed by atoms with Crippen molar-refractivity contribution in [2.75, 3.05) is 19.6 Å². The fraction of sp³-hybridized carbons (Fsp3) is 0.471. The Morgan fingerprint density at radius 1 is 1.32 bits per heavy atom. The number of carboxylic acid groups (broad SMARTS) is 1. The van der Waals surface area contributed by atoms with Gasteiger partial charge >= 0.3 is 5.97 Å². The lowest BCUT2D eigenvalue weighted by Crippen LogP contribution is -2.43. The SMILES string of the molecule is CC(=O)N(CC(=O)O)C1CCCN(C(=O)c2ccc(Cl)c(F)c2)CC1. The van der Waals surface area contributed by atoms with Gasteiger partial charge in [0, 0.05) is 31.6 Å². The summed E-state index contributed by atoms with van der Waals surface area (Å²) in [7, 11) is 0. The fourth-order valence-electron chi connectivity index (χ4n) is 3.05. The van der Waals surface area contributed by atoms with Crippen molar-refractivity contribution in [3.8, 4) is 0 Å². The van der Waals surface area contributed by atoms with E-state index in [1.165, 1.54) is 24.0 Å². The number of amides is 2. The molecular formula is C17H20ClFN2O4. The zero-order valence-corrected chi connectivity index (χ0v) is 14.6. The third kappa shape index (κ3) is 4.92.